The Kier molecular flexibility index (Phi) is 2.69. The van der Waals surface area contributed by atoms with Crippen LogP contribution in [0, 0.1) is 0 Å². The van der Waals surface area contributed by atoms with Crippen LogP contribution in [0.5, 0.6) is 0 Å². The van der Waals surface area contributed by atoms with Crippen molar-refractivity contribution in [3.63, 3.8) is 0 Å². The van der Waals surface area contributed by atoms with Crippen molar-refractivity contribution in [2.75, 3.05) is 0 Å². The minimum atomic E-state index is 0.0772. The first-order chi connectivity index (χ1) is 8.60. The highest BCUT2D eigenvalue weighted by Gasteiger charge is 2.21. The van der Waals surface area contributed by atoms with Gasteiger partial charge in [-0.2, -0.15) is 0 Å². The molecule has 0 heteroatoms. The molecule has 0 N–H and O–H groups in total. The van der Waals surface area contributed by atoms with E-state index in [0.717, 1.165) is 5.56 Å². The monoisotopic (exact) mass is 241 g/mol. The van der Waals surface area contributed by atoms with Gasteiger partial charge in [-0.3, -0.25) is 0 Å². The third kappa shape index (κ3) is 2.43. The molecule has 0 saturated carbocycles. The predicted octanol–water partition coefficient (Wildman–Crippen LogP) is 5.39. The molecule has 2 aliphatic rings. The van der Waals surface area contributed by atoms with E-state index in [1.165, 1.54) is 16.7 Å². The second kappa shape index (κ2) is 4.12. The Morgan fingerprint density at radius 2 is 1.39 bits per heavy atom. The molecule has 0 nitrogen and oxygen atoms in total. The van der Waals surface area contributed by atoms with E-state index in [4.69, 9.17) is 1.37 Å². The maximum Gasteiger partial charge on any atom is 0.0629 e. The Bertz CT molecular complexity index is 568. The van der Waals surface area contributed by atoms with Gasteiger partial charge in [0.1, 0.15) is 0 Å². The van der Waals surface area contributed by atoms with Crippen molar-refractivity contribution in [3.8, 4) is 11.1 Å². The second-order valence-electron chi connectivity index (χ2n) is 7.15. The molecule has 2 rings (SSSR count). The summed E-state index contributed by atoms with van der Waals surface area (Å²) in [6.45, 7) is 13.3. The number of hydrogen-bond donors (Lipinski definition) is 0. The summed E-state index contributed by atoms with van der Waals surface area (Å²) in [4.78, 5) is 0. The van der Waals surface area contributed by atoms with E-state index < -0.39 is 0 Å². The second-order valence-corrected chi connectivity index (χ2v) is 7.15. The maximum absolute atomic E-state index is 8.17. The SMILES string of the molecule is [2H]c1cc(C(C)(C)C)c2ccc(C(C)(C)C)ccc1-2. The third-order valence-electron chi connectivity index (χ3n) is 3.49. The minimum Gasteiger partial charge on any atom is -0.0579 e. The Labute approximate surface area is 113 Å². The highest BCUT2D eigenvalue weighted by atomic mass is 14.2. The largest absolute Gasteiger partial charge is 0.0629 e. The van der Waals surface area contributed by atoms with Crippen LogP contribution in [0.3, 0.4) is 0 Å². The highest BCUT2D eigenvalue weighted by molar-refractivity contribution is 5.72. The van der Waals surface area contributed by atoms with Crippen LogP contribution in [0.4, 0.5) is 0 Å². The van der Waals surface area contributed by atoms with E-state index in [-0.39, 0.29) is 10.8 Å². The molecule has 0 spiro atoms. The molecule has 0 heterocycles. The van der Waals surface area contributed by atoms with Crippen molar-refractivity contribution in [3.05, 3.63) is 47.5 Å². The molecule has 0 aliphatic heterocycles. The summed E-state index contributed by atoms with van der Waals surface area (Å²) < 4.78 is 8.17. The van der Waals surface area contributed by atoms with Gasteiger partial charge in [0.05, 0.1) is 1.37 Å². The van der Waals surface area contributed by atoms with Gasteiger partial charge in [0.25, 0.3) is 0 Å². The summed E-state index contributed by atoms with van der Waals surface area (Å²) in [5.41, 5.74) is 5.06. The number of rotatable bonds is 0. The summed E-state index contributed by atoms with van der Waals surface area (Å²) in [5.74, 6) is 0. The molecule has 0 unspecified atom stereocenters. The van der Waals surface area contributed by atoms with Gasteiger partial charge < -0.3 is 0 Å². The molecule has 0 fully saturated rings. The van der Waals surface area contributed by atoms with Gasteiger partial charge in [-0.05, 0) is 33.1 Å². The lowest BCUT2D eigenvalue weighted by Crippen LogP contribution is -2.10. The zero-order chi connectivity index (χ0) is 14.4. The fourth-order valence-electron chi connectivity index (χ4n) is 2.29. The zero-order valence-corrected chi connectivity index (χ0v) is 12.4. The summed E-state index contributed by atoms with van der Waals surface area (Å²) in [6, 6.07) is 11.3. The van der Waals surface area contributed by atoms with Crippen LogP contribution < -0.4 is 0 Å². The highest BCUT2D eigenvalue weighted by Crippen LogP contribution is 2.36. The lowest BCUT2D eigenvalue weighted by Gasteiger charge is -2.19. The van der Waals surface area contributed by atoms with Crippen molar-refractivity contribution >= 4 is 0 Å². The van der Waals surface area contributed by atoms with Crippen molar-refractivity contribution in [2.45, 2.75) is 52.4 Å². The lowest BCUT2D eigenvalue weighted by atomic mass is 9.85. The van der Waals surface area contributed by atoms with E-state index in [9.17, 15) is 0 Å². The van der Waals surface area contributed by atoms with Gasteiger partial charge in [-0.1, -0.05) is 77.9 Å². The molecule has 0 bridgehead atoms. The quantitative estimate of drug-likeness (QED) is 0.580. The van der Waals surface area contributed by atoms with Crippen LogP contribution in [0.2, 0.25) is 0 Å². The summed E-state index contributed by atoms with van der Waals surface area (Å²) in [6.07, 6.45) is 0. The molecular weight excluding hydrogens is 216 g/mol. The molecule has 0 aromatic carbocycles. The van der Waals surface area contributed by atoms with Crippen LogP contribution in [0.25, 0.3) is 11.1 Å². The van der Waals surface area contributed by atoms with Crippen LogP contribution in [-0.4, -0.2) is 0 Å². The molecule has 0 aromatic rings. The maximum atomic E-state index is 8.17. The van der Waals surface area contributed by atoms with E-state index in [1.54, 1.807) is 0 Å². The zero-order valence-electron chi connectivity index (χ0n) is 13.4. The van der Waals surface area contributed by atoms with Gasteiger partial charge in [0.2, 0.25) is 0 Å². The molecule has 0 atom stereocenters. The van der Waals surface area contributed by atoms with Gasteiger partial charge >= 0.3 is 0 Å². The average Bonchev–Trinajstić information content (AvgIpc) is 2.45. The first-order valence-electron chi connectivity index (χ1n) is 7.15. The molecule has 2 aliphatic carbocycles. The molecular formula is C18H24. The lowest BCUT2D eigenvalue weighted by molar-refractivity contribution is 0.590. The predicted molar refractivity (Wildman–Crippen MR) is 80.5 cm³/mol. The van der Waals surface area contributed by atoms with E-state index in [2.05, 4.69) is 65.8 Å². The van der Waals surface area contributed by atoms with Gasteiger partial charge in [0.15, 0.2) is 0 Å². The number of fused-ring (bicyclic) bond motifs is 1. The van der Waals surface area contributed by atoms with Crippen LogP contribution >= 0.6 is 0 Å². The van der Waals surface area contributed by atoms with Crippen LogP contribution in [0.15, 0.2) is 36.4 Å². The summed E-state index contributed by atoms with van der Waals surface area (Å²) in [5, 5.41) is 0. The third-order valence-corrected chi connectivity index (χ3v) is 3.49. The Balaban J connectivity index is 2.69. The van der Waals surface area contributed by atoms with Crippen molar-refractivity contribution < 1.29 is 1.37 Å². The summed E-state index contributed by atoms with van der Waals surface area (Å²) in [7, 11) is 0. The van der Waals surface area contributed by atoms with Crippen molar-refractivity contribution in [2.24, 2.45) is 0 Å². The first kappa shape index (κ1) is 11.8. The van der Waals surface area contributed by atoms with Crippen LogP contribution in [0.1, 0.15) is 54.0 Å². The summed E-state index contributed by atoms with van der Waals surface area (Å²) >= 11 is 0. The van der Waals surface area contributed by atoms with Gasteiger partial charge in [0, 0.05) is 0 Å². The molecule has 0 amide bonds. The topological polar surface area (TPSA) is 0 Å². The van der Waals surface area contributed by atoms with E-state index in [0.29, 0.717) is 6.04 Å². The number of hydrogen-bond acceptors (Lipinski definition) is 0. The molecule has 0 aromatic heterocycles. The standard InChI is InChI=1S/C18H24/c1-17(2,3)14-9-7-13-8-12-16(18(4,5)6)15(13)11-10-14/h7-12H,1-6H3/i8D. The molecule has 0 saturated heterocycles. The van der Waals surface area contributed by atoms with Crippen LogP contribution in [-0.2, 0) is 10.8 Å². The molecule has 18 heavy (non-hydrogen) atoms. The Morgan fingerprint density at radius 3 is 1.94 bits per heavy atom. The fourth-order valence-corrected chi connectivity index (χ4v) is 2.29. The fraction of sp³-hybridized carbons (Fsp3) is 0.444. The Morgan fingerprint density at radius 1 is 0.778 bits per heavy atom. The van der Waals surface area contributed by atoms with Gasteiger partial charge in [-0.25, -0.2) is 0 Å². The molecule has 0 radical (unpaired) electrons. The first-order valence-corrected chi connectivity index (χ1v) is 6.65. The smallest absolute Gasteiger partial charge is 0.0579 e. The van der Waals surface area contributed by atoms with E-state index >= 15 is 0 Å². The van der Waals surface area contributed by atoms with Crippen molar-refractivity contribution in [1.82, 2.24) is 0 Å². The minimum absolute atomic E-state index is 0.0772. The normalized spacial score (nSPS) is 13.8. The molecule has 96 valence electrons. The average molecular weight is 241 g/mol. The van der Waals surface area contributed by atoms with E-state index in [1.807, 2.05) is 6.07 Å². The van der Waals surface area contributed by atoms with Crippen molar-refractivity contribution in [1.29, 1.82) is 0 Å². The van der Waals surface area contributed by atoms with Gasteiger partial charge in [-0.15, -0.1) is 0 Å². The Hall–Kier alpha value is -1.30.